The Bertz CT molecular complexity index is 656. The minimum atomic E-state index is -0.468. The highest BCUT2D eigenvalue weighted by Gasteiger charge is 2.35. The lowest BCUT2D eigenvalue weighted by Crippen LogP contribution is -2.31. The first-order valence-electron chi connectivity index (χ1n) is 6.35. The second-order valence-electron chi connectivity index (χ2n) is 4.73. The molecule has 0 aliphatic carbocycles. The van der Waals surface area contributed by atoms with Crippen molar-refractivity contribution in [2.45, 2.75) is 6.42 Å². The zero-order chi connectivity index (χ0) is 14.8. The van der Waals surface area contributed by atoms with Crippen LogP contribution in [0.5, 0.6) is 0 Å². The van der Waals surface area contributed by atoms with Gasteiger partial charge in [0.2, 0.25) is 11.8 Å². The lowest BCUT2D eigenvalue weighted by atomic mass is 10.1. The monoisotopic (exact) mass is 289 g/mol. The van der Waals surface area contributed by atoms with Crippen LogP contribution in [0.1, 0.15) is 6.42 Å². The van der Waals surface area contributed by atoms with Crippen molar-refractivity contribution in [2.24, 2.45) is 5.92 Å². The fourth-order valence-corrected chi connectivity index (χ4v) is 2.23. The third-order valence-electron chi connectivity index (χ3n) is 3.29. The Kier molecular flexibility index (Phi) is 3.35. The number of carbonyl (C=O) groups is 2. The highest BCUT2D eigenvalue weighted by Crippen LogP contribution is 2.25. The third kappa shape index (κ3) is 2.73. The molecule has 3 rings (SSSR count). The molecule has 1 saturated heterocycles. The standard InChI is InChI=1S/C13H12FN5O2/c14-10-1-3-11(4-2-10)19-6-9(5-12(19)20)13(21)17-18-7-15-16-8-18/h1-4,7-9H,5-6H2,(H,17,21)/t9-/m0/s1. The van der Waals surface area contributed by atoms with Gasteiger partial charge in [-0.05, 0) is 24.3 Å². The van der Waals surface area contributed by atoms with Gasteiger partial charge in [-0.25, -0.2) is 9.07 Å². The van der Waals surface area contributed by atoms with Crippen LogP contribution in [0.4, 0.5) is 10.1 Å². The number of nitrogens with zero attached hydrogens (tertiary/aromatic N) is 4. The van der Waals surface area contributed by atoms with Crippen LogP contribution in [0, 0.1) is 11.7 Å². The summed E-state index contributed by atoms with van der Waals surface area (Å²) in [4.78, 5) is 25.5. The number of amides is 2. The first-order chi connectivity index (χ1) is 10.1. The van der Waals surface area contributed by atoms with Crippen molar-refractivity contribution in [1.82, 2.24) is 14.9 Å². The van der Waals surface area contributed by atoms with Crippen molar-refractivity contribution in [3.8, 4) is 0 Å². The van der Waals surface area contributed by atoms with Gasteiger partial charge in [-0.15, -0.1) is 10.2 Å². The summed E-state index contributed by atoms with van der Waals surface area (Å²) in [5, 5.41) is 7.15. The van der Waals surface area contributed by atoms with Crippen LogP contribution < -0.4 is 10.3 Å². The van der Waals surface area contributed by atoms with E-state index in [1.807, 2.05) is 0 Å². The maximum atomic E-state index is 12.9. The van der Waals surface area contributed by atoms with Crippen LogP contribution in [-0.4, -0.2) is 33.2 Å². The summed E-state index contributed by atoms with van der Waals surface area (Å²) in [6.07, 6.45) is 2.82. The van der Waals surface area contributed by atoms with Crippen molar-refractivity contribution in [2.75, 3.05) is 16.9 Å². The van der Waals surface area contributed by atoms with E-state index in [0.29, 0.717) is 5.69 Å². The second-order valence-corrected chi connectivity index (χ2v) is 4.73. The number of anilines is 1. The predicted octanol–water partition coefficient (Wildman–Crippen LogP) is 0.540. The maximum absolute atomic E-state index is 12.9. The number of rotatable bonds is 3. The molecule has 2 aromatic rings. The van der Waals surface area contributed by atoms with E-state index >= 15 is 0 Å². The smallest absolute Gasteiger partial charge is 0.244 e. The van der Waals surface area contributed by atoms with E-state index in [1.54, 1.807) is 0 Å². The molecule has 0 radical (unpaired) electrons. The first kappa shape index (κ1) is 13.2. The van der Waals surface area contributed by atoms with Gasteiger partial charge in [0.1, 0.15) is 18.5 Å². The minimum Gasteiger partial charge on any atom is -0.312 e. The highest BCUT2D eigenvalue weighted by atomic mass is 19.1. The summed E-state index contributed by atoms with van der Waals surface area (Å²) in [5.41, 5.74) is 3.16. The second kappa shape index (κ2) is 5.31. The zero-order valence-electron chi connectivity index (χ0n) is 10.9. The summed E-state index contributed by atoms with van der Waals surface area (Å²) < 4.78 is 14.2. The molecular formula is C13H12FN5O2. The zero-order valence-corrected chi connectivity index (χ0v) is 10.9. The van der Waals surface area contributed by atoms with Crippen molar-refractivity contribution in [3.63, 3.8) is 0 Å². The summed E-state index contributed by atoms with van der Waals surface area (Å²) in [5.74, 6) is -1.28. The molecule has 1 N–H and O–H groups in total. The number of nitrogens with one attached hydrogen (secondary N) is 1. The van der Waals surface area contributed by atoms with Gasteiger partial charge >= 0.3 is 0 Å². The van der Waals surface area contributed by atoms with E-state index in [1.165, 1.54) is 46.5 Å². The number of aromatic nitrogens is 3. The average molecular weight is 289 g/mol. The predicted molar refractivity (Wildman–Crippen MR) is 71.2 cm³/mol. The summed E-state index contributed by atoms with van der Waals surface area (Å²) in [6, 6.07) is 5.61. The average Bonchev–Trinajstić information content (AvgIpc) is 3.09. The molecular weight excluding hydrogens is 277 g/mol. The van der Waals surface area contributed by atoms with Gasteiger partial charge in [0.15, 0.2) is 0 Å². The van der Waals surface area contributed by atoms with Gasteiger partial charge in [-0.1, -0.05) is 0 Å². The molecule has 1 atom stereocenters. The van der Waals surface area contributed by atoms with Crippen LogP contribution in [0.15, 0.2) is 36.9 Å². The Hall–Kier alpha value is -2.77. The van der Waals surface area contributed by atoms with Gasteiger partial charge in [-0.2, -0.15) is 0 Å². The van der Waals surface area contributed by atoms with E-state index in [2.05, 4.69) is 15.6 Å². The topological polar surface area (TPSA) is 80.1 Å². The maximum Gasteiger partial charge on any atom is 0.244 e. The van der Waals surface area contributed by atoms with Crippen LogP contribution in [-0.2, 0) is 9.59 Å². The molecule has 0 saturated carbocycles. The van der Waals surface area contributed by atoms with Gasteiger partial charge in [0, 0.05) is 18.7 Å². The molecule has 8 heteroatoms. The van der Waals surface area contributed by atoms with E-state index < -0.39 is 5.92 Å². The minimum absolute atomic E-state index is 0.116. The normalized spacial score (nSPS) is 18.0. The quantitative estimate of drug-likeness (QED) is 0.894. The molecule has 1 fully saturated rings. The lowest BCUT2D eigenvalue weighted by molar-refractivity contribution is -0.123. The number of hydrogen-bond donors (Lipinski definition) is 1. The number of hydrogen-bond acceptors (Lipinski definition) is 4. The fraction of sp³-hybridized carbons (Fsp3) is 0.231. The molecule has 1 aromatic heterocycles. The van der Waals surface area contributed by atoms with Crippen molar-refractivity contribution in [3.05, 3.63) is 42.7 Å². The third-order valence-corrected chi connectivity index (χ3v) is 3.29. The fourth-order valence-electron chi connectivity index (χ4n) is 2.23. The number of carbonyl (C=O) groups excluding carboxylic acids is 2. The van der Waals surface area contributed by atoms with Crippen LogP contribution in [0.25, 0.3) is 0 Å². The largest absolute Gasteiger partial charge is 0.312 e. The van der Waals surface area contributed by atoms with Crippen LogP contribution in [0.2, 0.25) is 0 Å². The van der Waals surface area contributed by atoms with Gasteiger partial charge < -0.3 is 4.90 Å². The molecule has 21 heavy (non-hydrogen) atoms. The molecule has 1 aromatic carbocycles. The Morgan fingerprint density at radius 3 is 2.57 bits per heavy atom. The Balaban J connectivity index is 1.69. The molecule has 0 unspecified atom stereocenters. The Labute approximate surface area is 119 Å². The van der Waals surface area contributed by atoms with Gasteiger partial charge in [-0.3, -0.25) is 15.0 Å². The van der Waals surface area contributed by atoms with Gasteiger partial charge in [0.25, 0.3) is 0 Å². The highest BCUT2D eigenvalue weighted by molar-refractivity contribution is 6.01. The van der Waals surface area contributed by atoms with Gasteiger partial charge in [0.05, 0.1) is 5.92 Å². The molecule has 2 amide bonds. The van der Waals surface area contributed by atoms with Crippen molar-refractivity contribution < 1.29 is 14.0 Å². The number of halogens is 1. The SMILES string of the molecule is O=C(Nn1cnnc1)[C@H]1CC(=O)N(c2ccc(F)cc2)C1. The molecule has 2 heterocycles. The van der Waals surface area contributed by atoms with E-state index in [9.17, 15) is 14.0 Å². The molecule has 0 bridgehead atoms. The Morgan fingerprint density at radius 2 is 1.90 bits per heavy atom. The number of benzene rings is 1. The van der Waals surface area contributed by atoms with Crippen molar-refractivity contribution >= 4 is 17.5 Å². The van der Waals surface area contributed by atoms with Crippen molar-refractivity contribution in [1.29, 1.82) is 0 Å². The molecule has 1 aliphatic rings. The Morgan fingerprint density at radius 1 is 1.24 bits per heavy atom. The molecule has 1 aliphatic heterocycles. The summed E-state index contributed by atoms with van der Waals surface area (Å²) in [7, 11) is 0. The van der Waals surface area contributed by atoms with E-state index in [0.717, 1.165) is 0 Å². The summed E-state index contributed by atoms with van der Waals surface area (Å²) in [6.45, 7) is 0.262. The molecule has 7 nitrogen and oxygen atoms in total. The molecule has 0 spiro atoms. The van der Waals surface area contributed by atoms with E-state index in [-0.39, 0.29) is 30.6 Å². The molecule has 108 valence electrons. The summed E-state index contributed by atoms with van der Waals surface area (Å²) >= 11 is 0. The lowest BCUT2D eigenvalue weighted by Gasteiger charge is -2.16. The van der Waals surface area contributed by atoms with E-state index in [4.69, 9.17) is 0 Å². The van der Waals surface area contributed by atoms with Crippen LogP contribution >= 0.6 is 0 Å². The first-order valence-corrected chi connectivity index (χ1v) is 6.35. The van der Waals surface area contributed by atoms with Crippen LogP contribution in [0.3, 0.4) is 0 Å².